The monoisotopic (exact) mass is 270 g/mol. The van der Waals surface area contributed by atoms with Crippen molar-refractivity contribution in [1.29, 1.82) is 0 Å². The van der Waals surface area contributed by atoms with Gasteiger partial charge in [-0.25, -0.2) is 4.79 Å². The third-order valence-corrected chi connectivity index (χ3v) is 2.99. The molecule has 0 N–H and O–H groups in total. The van der Waals surface area contributed by atoms with Crippen LogP contribution >= 0.6 is 0 Å². The van der Waals surface area contributed by atoms with Gasteiger partial charge in [-0.05, 0) is 29.7 Å². The summed E-state index contributed by atoms with van der Waals surface area (Å²) in [5.41, 5.74) is 2.34. The molecule has 0 radical (unpaired) electrons. The van der Waals surface area contributed by atoms with Crippen molar-refractivity contribution in [2.75, 3.05) is 6.61 Å². The van der Waals surface area contributed by atoms with Gasteiger partial charge < -0.3 is 9.47 Å². The van der Waals surface area contributed by atoms with Gasteiger partial charge in [-0.1, -0.05) is 49.4 Å². The maximum atomic E-state index is 11.5. The van der Waals surface area contributed by atoms with Crippen LogP contribution in [0, 0.1) is 0 Å². The average molecular weight is 270 g/mol. The zero-order valence-electron chi connectivity index (χ0n) is 11.5. The summed E-state index contributed by atoms with van der Waals surface area (Å²) in [5.74, 6) is 0.506. The summed E-state index contributed by atoms with van der Waals surface area (Å²) in [6.45, 7) is 2.39. The zero-order valence-corrected chi connectivity index (χ0v) is 11.5. The second-order valence-corrected chi connectivity index (χ2v) is 4.43. The summed E-state index contributed by atoms with van der Waals surface area (Å²) in [7, 11) is 0. The van der Waals surface area contributed by atoms with Crippen LogP contribution in [0.4, 0.5) is 4.79 Å². The van der Waals surface area contributed by atoms with Crippen molar-refractivity contribution in [2.45, 2.75) is 19.8 Å². The Morgan fingerprint density at radius 1 is 0.950 bits per heavy atom. The molecule has 104 valence electrons. The molecule has 20 heavy (non-hydrogen) atoms. The Morgan fingerprint density at radius 2 is 1.65 bits per heavy atom. The van der Waals surface area contributed by atoms with Gasteiger partial charge in [0.05, 0.1) is 6.61 Å². The normalized spacial score (nSPS) is 10.1. The maximum absolute atomic E-state index is 11.5. The number of ether oxygens (including phenoxy) is 2. The number of hydrogen-bond donors (Lipinski definition) is 0. The van der Waals surface area contributed by atoms with E-state index >= 15 is 0 Å². The van der Waals surface area contributed by atoms with Crippen LogP contribution in [0.5, 0.6) is 5.75 Å². The molecular weight excluding hydrogens is 252 g/mol. The van der Waals surface area contributed by atoms with E-state index in [2.05, 4.69) is 6.92 Å². The summed E-state index contributed by atoms with van der Waals surface area (Å²) < 4.78 is 10.1. The van der Waals surface area contributed by atoms with Crippen LogP contribution in [0.2, 0.25) is 0 Å². The molecule has 0 saturated carbocycles. The Kier molecular flexibility index (Phi) is 5.18. The van der Waals surface area contributed by atoms with Gasteiger partial charge in [-0.3, -0.25) is 0 Å². The highest BCUT2D eigenvalue weighted by atomic mass is 16.7. The molecule has 0 atom stereocenters. The van der Waals surface area contributed by atoms with E-state index in [1.165, 1.54) is 5.56 Å². The Morgan fingerprint density at radius 3 is 2.30 bits per heavy atom. The minimum Gasteiger partial charge on any atom is -0.434 e. The molecule has 0 unspecified atom stereocenters. The average Bonchev–Trinajstić information content (AvgIpc) is 2.49. The van der Waals surface area contributed by atoms with Crippen LogP contribution < -0.4 is 4.74 Å². The van der Waals surface area contributed by atoms with Crippen LogP contribution in [-0.4, -0.2) is 12.8 Å². The Balaban J connectivity index is 1.74. The highest BCUT2D eigenvalue weighted by Crippen LogP contribution is 2.13. The van der Waals surface area contributed by atoms with Crippen molar-refractivity contribution in [1.82, 2.24) is 0 Å². The minimum atomic E-state index is -0.662. The van der Waals surface area contributed by atoms with Gasteiger partial charge in [0.15, 0.2) is 0 Å². The van der Waals surface area contributed by atoms with Crippen LogP contribution in [0.3, 0.4) is 0 Å². The SMILES string of the molecule is CCc1ccc(OC(=O)OCCc2ccccc2)cc1. The molecule has 0 fully saturated rings. The quantitative estimate of drug-likeness (QED) is 0.608. The van der Waals surface area contributed by atoms with E-state index in [0.29, 0.717) is 18.8 Å². The fourth-order valence-corrected chi connectivity index (χ4v) is 1.82. The van der Waals surface area contributed by atoms with Crippen molar-refractivity contribution >= 4 is 6.16 Å². The lowest BCUT2D eigenvalue weighted by atomic mass is 10.2. The first-order valence-electron chi connectivity index (χ1n) is 6.75. The molecule has 0 aromatic heterocycles. The predicted molar refractivity (Wildman–Crippen MR) is 77.9 cm³/mol. The van der Waals surface area contributed by atoms with E-state index in [4.69, 9.17) is 9.47 Å². The molecular formula is C17H18O3. The summed E-state index contributed by atoms with van der Waals surface area (Å²) >= 11 is 0. The molecule has 0 aliphatic heterocycles. The summed E-state index contributed by atoms with van der Waals surface area (Å²) in [4.78, 5) is 11.5. The molecule has 0 saturated heterocycles. The zero-order chi connectivity index (χ0) is 14.2. The van der Waals surface area contributed by atoms with E-state index in [9.17, 15) is 4.79 Å². The largest absolute Gasteiger partial charge is 0.513 e. The van der Waals surface area contributed by atoms with Gasteiger partial charge >= 0.3 is 6.16 Å². The third-order valence-electron chi connectivity index (χ3n) is 2.99. The van der Waals surface area contributed by atoms with E-state index < -0.39 is 6.16 Å². The first-order chi connectivity index (χ1) is 9.78. The van der Waals surface area contributed by atoms with E-state index in [0.717, 1.165) is 12.0 Å². The lowest BCUT2D eigenvalue weighted by Gasteiger charge is -2.06. The first kappa shape index (κ1) is 14.1. The standard InChI is InChI=1S/C17H18O3/c1-2-14-8-10-16(11-9-14)20-17(18)19-13-12-15-6-4-3-5-7-15/h3-11H,2,12-13H2,1H3. The molecule has 2 rings (SSSR count). The third kappa shape index (κ3) is 4.43. The van der Waals surface area contributed by atoms with Crippen molar-refractivity contribution in [3.63, 3.8) is 0 Å². The first-order valence-corrected chi connectivity index (χ1v) is 6.75. The smallest absolute Gasteiger partial charge is 0.434 e. The molecule has 2 aromatic rings. The summed E-state index contributed by atoms with van der Waals surface area (Å²) in [6, 6.07) is 17.3. The minimum absolute atomic E-state index is 0.315. The van der Waals surface area contributed by atoms with E-state index in [-0.39, 0.29) is 0 Å². The molecule has 0 aliphatic carbocycles. The summed E-state index contributed by atoms with van der Waals surface area (Å²) in [6.07, 6.45) is 0.983. The number of aryl methyl sites for hydroxylation is 1. The van der Waals surface area contributed by atoms with Crippen LogP contribution in [0.1, 0.15) is 18.1 Å². The molecule has 0 amide bonds. The fraction of sp³-hybridized carbons (Fsp3) is 0.235. The van der Waals surface area contributed by atoms with Gasteiger partial charge in [-0.15, -0.1) is 0 Å². The number of rotatable bonds is 5. The Hall–Kier alpha value is -2.29. The van der Waals surface area contributed by atoms with Crippen LogP contribution in [-0.2, 0) is 17.6 Å². The Labute approximate surface area is 119 Å². The highest BCUT2D eigenvalue weighted by Gasteiger charge is 2.05. The highest BCUT2D eigenvalue weighted by molar-refractivity contribution is 5.63. The van der Waals surface area contributed by atoms with Gasteiger partial charge in [0.2, 0.25) is 0 Å². The predicted octanol–water partition coefficient (Wildman–Crippen LogP) is 4.01. The van der Waals surface area contributed by atoms with Gasteiger partial charge in [0.1, 0.15) is 5.75 Å². The van der Waals surface area contributed by atoms with Gasteiger partial charge in [0.25, 0.3) is 0 Å². The number of carbonyl (C=O) groups is 1. The molecule has 0 spiro atoms. The van der Waals surface area contributed by atoms with Gasteiger partial charge in [0, 0.05) is 6.42 Å². The fourth-order valence-electron chi connectivity index (χ4n) is 1.82. The molecule has 0 bridgehead atoms. The second-order valence-electron chi connectivity index (χ2n) is 4.43. The lowest BCUT2D eigenvalue weighted by Crippen LogP contribution is -2.12. The van der Waals surface area contributed by atoms with Crippen molar-refractivity contribution in [3.8, 4) is 5.75 Å². The van der Waals surface area contributed by atoms with Crippen LogP contribution in [0.15, 0.2) is 54.6 Å². The second kappa shape index (κ2) is 7.34. The van der Waals surface area contributed by atoms with Crippen molar-refractivity contribution in [2.24, 2.45) is 0 Å². The molecule has 3 nitrogen and oxygen atoms in total. The van der Waals surface area contributed by atoms with E-state index in [1.807, 2.05) is 42.5 Å². The Bertz CT molecular complexity index is 532. The van der Waals surface area contributed by atoms with Gasteiger partial charge in [-0.2, -0.15) is 0 Å². The summed E-state index contributed by atoms with van der Waals surface area (Å²) in [5, 5.41) is 0. The molecule has 2 aromatic carbocycles. The van der Waals surface area contributed by atoms with Crippen LogP contribution in [0.25, 0.3) is 0 Å². The lowest BCUT2D eigenvalue weighted by molar-refractivity contribution is 0.100. The number of benzene rings is 2. The number of carbonyl (C=O) groups excluding carboxylic acids is 1. The molecule has 0 aliphatic rings. The molecule has 3 heteroatoms. The topological polar surface area (TPSA) is 35.5 Å². The number of hydrogen-bond acceptors (Lipinski definition) is 3. The molecule has 0 heterocycles. The van der Waals surface area contributed by atoms with Crippen molar-refractivity contribution < 1.29 is 14.3 Å². The van der Waals surface area contributed by atoms with Crippen molar-refractivity contribution in [3.05, 3.63) is 65.7 Å². The van der Waals surface area contributed by atoms with E-state index in [1.54, 1.807) is 12.1 Å². The maximum Gasteiger partial charge on any atom is 0.513 e.